The number of hydrogen-bond acceptors (Lipinski definition) is 4. The van der Waals surface area contributed by atoms with Crippen LogP contribution in [0.5, 0.6) is 5.75 Å². The Balaban J connectivity index is 1.48. The van der Waals surface area contributed by atoms with Crippen LogP contribution in [0, 0.1) is 5.92 Å². The first kappa shape index (κ1) is 20.4. The number of carbonyl (C=O) groups excluding carboxylic acids is 1. The molecule has 0 spiro atoms. The number of ether oxygens (including phenoxy) is 1. The summed E-state index contributed by atoms with van der Waals surface area (Å²) in [5.41, 5.74) is 1.71. The largest absolute Gasteiger partial charge is 0.435 e. The monoisotopic (exact) mass is 408 g/mol. The van der Waals surface area contributed by atoms with Gasteiger partial charge in [0.1, 0.15) is 18.0 Å². The van der Waals surface area contributed by atoms with Gasteiger partial charge in [-0.25, -0.2) is 4.98 Å². The summed E-state index contributed by atoms with van der Waals surface area (Å²) in [5.74, 6) is 0.610. The summed E-state index contributed by atoms with van der Waals surface area (Å²) in [5, 5.41) is 5.33. The van der Waals surface area contributed by atoms with Crippen molar-refractivity contribution in [2.75, 3.05) is 18.4 Å². The Bertz CT molecular complexity index is 800. The minimum absolute atomic E-state index is 0.0807. The molecule has 8 heteroatoms. The number of aromatic nitrogens is 1. The van der Waals surface area contributed by atoms with Crippen LogP contribution in [-0.2, 0) is 11.3 Å². The van der Waals surface area contributed by atoms with E-state index in [0.29, 0.717) is 10.7 Å². The van der Waals surface area contributed by atoms with Gasteiger partial charge >= 0.3 is 6.61 Å². The lowest BCUT2D eigenvalue weighted by Crippen LogP contribution is -3.11. The minimum Gasteiger partial charge on any atom is -0.435 e. The zero-order valence-corrected chi connectivity index (χ0v) is 16.5. The highest BCUT2D eigenvalue weighted by atomic mass is 32.1. The Morgan fingerprint density at radius 3 is 2.75 bits per heavy atom. The molecule has 0 saturated carbocycles. The smallest absolute Gasteiger partial charge is 0.387 e. The predicted octanol–water partition coefficient (Wildman–Crippen LogP) is 3.21. The van der Waals surface area contributed by atoms with Gasteiger partial charge in [-0.05, 0) is 42.5 Å². The summed E-state index contributed by atoms with van der Waals surface area (Å²) in [6.07, 6.45) is 5.50. The first-order valence-corrected chi connectivity index (χ1v) is 10.2. The summed E-state index contributed by atoms with van der Waals surface area (Å²) in [6.45, 7) is 2.68. The summed E-state index contributed by atoms with van der Waals surface area (Å²) < 4.78 is 28.6. The normalized spacial score (nSPS) is 19.9. The number of halogens is 2. The van der Waals surface area contributed by atoms with E-state index in [1.807, 2.05) is 5.38 Å². The lowest BCUT2D eigenvalue weighted by molar-refractivity contribution is -0.920. The van der Waals surface area contributed by atoms with Gasteiger partial charge in [-0.15, -0.1) is 11.3 Å². The van der Waals surface area contributed by atoms with E-state index in [0.717, 1.165) is 18.2 Å². The van der Waals surface area contributed by atoms with E-state index in [1.165, 1.54) is 55.5 Å². The Labute approximate surface area is 167 Å². The Morgan fingerprint density at radius 2 is 2.07 bits per heavy atom. The molecule has 0 unspecified atom stereocenters. The molecule has 1 saturated heterocycles. The molecule has 150 valence electrons. The highest BCUT2D eigenvalue weighted by Crippen LogP contribution is 2.17. The standard InChI is InChI=1S/C20H23F2N3O2S/c1-14-8-10-25(11-9-14)12-16-13-28-20(23-16)24-18(26)7-4-15-2-5-17(6-3-15)27-19(21)22/h2-7,13-14,19H,8-12H2,1H3,(H,23,24,26)/p+1/b7-4+. The Hall–Kier alpha value is -2.32. The molecule has 1 fully saturated rings. The molecule has 28 heavy (non-hydrogen) atoms. The third-order valence-corrected chi connectivity index (χ3v) is 5.53. The van der Waals surface area contributed by atoms with Gasteiger partial charge in [0.25, 0.3) is 0 Å². The molecule has 3 rings (SSSR count). The number of rotatable bonds is 7. The molecule has 1 aromatic heterocycles. The summed E-state index contributed by atoms with van der Waals surface area (Å²) in [6, 6.07) is 6.07. The molecule has 0 radical (unpaired) electrons. The first-order chi connectivity index (χ1) is 13.5. The molecule has 2 heterocycles. The molecule has 0 bridgehead atoms. The molecule has 1 aromatic carbocycles. The number of amides is 1. The maximum Gasteiger partial charge on any atom is 0.387 e. The van der Waals surface area contributed by atoms with Crippen molar-refractivity contribution in [2.24, 2.45) is 5.92 Å². The van der Waals surface area contributed by atoms with Crippen LogP contribution in [0.3, 0.4) is 0 Å². The van der Waals surface area contributed by atoms with Crippen molar-refractivity contribution in [2.45, 2.75) is 32.9 Å². The first-order valence-electron chi connectivity index (χ1n) is 9.30. The van der Waals surface area contributed by atoms with Gasteiger partial charge in [0, 0.05) is 11.5 Å². The van der Waals surface area contributed by atoms with Gasteiger partial charge in [-0.3, -0.25) is 10.1 Å². The number of anilines is 1. The number of alkyl halides is 2. The van der Waals surface area contributed by atoms with Crippen LogP contribution in [0.1, 0.15) is 31.0 Å². The summed E-state index contributed by atoms with van der Waals surface area (Å²) in [4.78, 5) is 18.1. The number of carbonyl (C=O) groups is 1. The average molecular weight is 408 g/mol. The Kier molecular flexibility index (Phi) is 7.11. The van der Waals surface area contributed by atoms with Crippen molar-refractivity contribution in [1.29, 1.82) is 0 Å². The maximum atomic E-state index is 12.1. The van der Waals surface area contributed by atoms with Gasteiger partial charge in [0.15, 0.2) is 5.13 Å². The van der Waals surface area contributed by atoms with Crippen molar-refractivity contribution in [1.82, 2.24) is 4.98 Å². The molecule has 1 aliphatic heterocycles. The van der Waals surface area contributed by atoms with Gasteiger partial charge in [0.2, 0.25) is 5.91 Å². The second-order valence-corrected chi connectivity index (χ2v) is 7.88. The number of benzene rings is 1. The Morgan fingerprint density at radius 1 is 1.36 bits per heavy atom. The highest BCUT2D eigenvalue weighted by molar-refractivity contribution is 7.13. The van der Waals surface area contributed by atoms with E-state index >= 15 is 0 Å². The third-order valence-electron chi connectivity index (χ3n) is 4.73. The number of likely N-dealkylation sites (tertiary alicyclic amines) is 1. The number of quaternary nitrogens is 1. The second-order valence-electron chi connectivity index (χ2n) is 7.02. The zero-order chi connectivity index (χ0) is 19.9. The van der Waals surface area contributed by atoms with Crippen LogP contribution in [-0.4, -0.2) is 30.6 Å². The van der Waals surface area contributed by atoms with Crippen LogP contribution in [0.4, 0.5) is 13.9 Å². The van der Waals surface area contributed by atoms with Gasteiger partial charge in [-0.1, -0.05) is 19.1 Å². The van der Waals surface area contributed by atoms with Crippen LogP contribution >= 0.6 is 11.3 Å². The SMILES string of the molecule is CC1CC[NH+](Cc2csc(NC(=O)/C=C/c3ccc(OC(F)F)cc3)n2)CC1. The molecule has 2 N–H and O–H groups in total. The van der Waals surface area contributed by atoms with E-state index in [1.54, 1.807) is 23.1 Å². The van der Waals surface area contributed by atoms with Crippen molar-refractivity contribution in [3.63, 3.8) is 0 Å². The quantitative estimate of drug-likeness (QED) is 0.692. The minimum atomic E-state index is -2.85. The molecule has 0 atom stereocenters. The van der Waals surface area contributed by atoms with E-state index in [-0.39, 0.29) is 11.7 Å². The van der Waals surface area contributed by atoms with Crippen molar-refractivity contribution >= 4 is 28.5 Å². The van der Waals surface area contributed by atoms with E-state index < -0.39 is 6.61 Å². The van der Waals surface area contributed by atoms with Crippen molar-refractivity contribution in [3.05, 3.63) is 47.0 Å². The lowest BCUT2D eigenvalue weighted by atomic mass is 9.99. The van der Waals surface area contributed by atoms with Gasteiger partial charge < -0.3 is 9.64 Å². The molecular weight excluding hydrogens is 384 g/mol. The molecule has 5 nitrogen and oxygen atoms in total. The zero-order valence-electron chi connectivity index (χ0n) is 15.7. The molecular formula is C20H24F2N3O2S+. The number of hydrogen-bond donors (Lipinski definition) is 2. The summed E-state index contributed by atoms with van der Waals surface area (Å²) in [7, 11) is 0. The van der Waals surface area contributed by atoms with Crippen LogP contribution < -0.4 is 15.0 Å². The average Bonchev–Trinajstić information content (AvgIpc) is 3.09. The fourth-order valence-electron chi connectivity index (χ4n) is 3.13. The molecule has 2 aromatic rings. The van der Waals surface area contributed by atoms with Crippen molar-refractivity contribution in [3.8, 4) is 5.75 Å². The number of nitrogens with zero attached hydrogens (tertiary/aromatic N) is 1. The van der Waals surface area contributed by atoms with E-state index in [2.05, 4.69) is 22.0 Å². The topological polar surface area (TPSA) is 55.7 Å². The highest BCUT2D eigenvalue weighted by Gasteiger charge is 2.20. The van der Waals surface area contributed by atoms with Crippen LogP contribution in [0.15, 0.2) is 35.7 Å². The van der Waals surface area contributed by atoms with Crippen LogP contribution in [0.2, 0.25) is 0 Å². The third kappa shape index (κ3) is 6.38. The fourth-order valence-corrected chi connectivity index (χ4v) is 3.84. The van der Waals surface area contributed by atoms with Crippen LogP contribution in [0.25, 0.3) is 6.08 Å². The molecule has 1 amide bonds. The number of thiazole rings is 1. The van der Waals surface area contributed by atoms with Gasteiger partial charge in [0.05, 0.1) is 13.1 Å². The molecule has 0 aliphatic carbocycles. The fraction of sp³-hybridized carbons (Fsp3) is 0.400. The summed E-state index contributed by atoms with van der Waals surface area (Å²) >= 11 is 1.42. The van der Waals surface area contributed by atoms with Gasteiger partial charge in [-0.2, -0.15) is 8.78 Å². The maximum absolute atomic E-state index is 12.1. The second kappa shape index (κ2) is 9.75. The van der Waals surface area contributed by atoms with E-state index in [4.69, 9.17) is 0 Å². The number of nitrogens with one attached hydrogen (secondary N) is 2. The lowest BCUT2D eigenvalue weighted by Gasteiger charge is -2.26. The molecule has 1 aliphatic rings. The number of piperidine rings is 1. The predicted molar refractivity (Wildman–Crippen MR) is 106 cm³/mol. The van der Waals surface area contributed by atoms with E-state index in [9.17, 15) is 13.6 Å². The van der Waals surface area contributed by atoms with Crippen molar-refractivity contribution < 1.29 is 23.2 Å².